The number of allylic oxidation sites excluding steroid dienone is 1. The predicted molar refractivity (Wildman–Crippen MR) is 58.4 cm³/mol. The van der Waals surface area contributed by atoms with E-state index in [0.717, 1.165) is 11.1 Å². The van der Waals surface area contributed by atoms with Crippen LogP contribution in [0.2, 0.25) is 0 Å². The van der Waals surface area contributed by atoms with E-state index >= 15 is 0 Å². The van der Waals surface area contributed by atoms with Gasteiger partial charge in [0.2, 0.25) is 0 Å². The number of halogens is 1. The van der Waals surface area contributed by atoms with Crippen LogP contribution in [0.4, 0.5) is 0 Å². The van der Waals surface area contributed by atoms with Gasteiger partial charge in [0.15, 0.2) is 0 Å². The van der Waals surface area contributed by atoms with Gasteiger partial charge < -0.3 is 0 Å². The van der Waals surface area contributed by atoms with E-state index in [-0.39, 0.29) is 0 Å². The molecule has 0 aliphatic carbocycles. The number of rotatable bonds is 1. The second-order valence-electron chi connectivity index (χ2n) is 2.49. The van der Waals surface area contributed by atoms with Crippen LogP contribution in [0.5, 0.6) is 0 Å². The molecule has 1 aromatic carbocycles. The van der Waals surface area contributed by atoms with Crippen molar-refractivity contribution in [2.75, 3.05) is 0 Å². The predicted octanol–water partition coefficient (Wildman–Crippen LogP) is 3.22. The highest BCUT2D eigenvalue weighted by Gasteiger charge is 1.89. The number of benzene rings is 1. The standard InChI is InChI=1S/C10H8IN/c1-8(7-12)6-9-2-4-10(11)5-3-9/h2-6H,1H3/b8-6+. The molecule has 0 spiro atoms. The molecule has 60 valence electrons. The molecule has 1 rings (SSSR count). The lowest BCUT2D eigenvalue weighted by molar-refractivity contribution is 1.46. The van der Waals surface area contributed by atoms with Crippen LogP contribution in [-0.2, 0) is 0 Å². The fraction of sp³-hybridized carbons (Fsp3) is 0.100. The van der Waals surface area contributed by atoms with Crippen LogP contribution in [0.25, 0.3) is 6.08 Å². The Morgan fingerprint density at radius 1 is 1.42 bits per heavy atom. The number of hydrogen-bond acceptors (Lipinski definition) is 1. The van der Waals surface area contributed by atoms with Gasteiger partial charge in [-0.15, -0.1) is 0 Å². The van der Waals surface area contributed by atoms with E-state index in [2.05, 4.69) is 28.7 Å². The molecule has 1 nitrogen and oxygen atoms in total. The fourth-order valence-corrected chi connectivity index (χ4v) is 1.20. The van der Waals surface area contributed by atoms with Crippen molar-refractivity contribution in [3.05, 3.63) is 39.0 Å². The van der Waals surface area contributed by atoms with Gasteiger partial charge in [-0.05, 0) is 53.3 Å². The maximum Gasteiger partial charge on any atom is 0.0944 e. The molecule has 1 aromatic rings. The molecule has 0 saturated carbocycles. The topological polar surface area (TPSA) is 23.8 Å². The quantitative estimate of drug-likeness (QED) is 0.567. The van der Waals surface area contributed by atoms with Crippen molar-refractivity contribution in [2.24, 2.45) is 0 Å². The van der Waals surface area contributed by atoms with Crippen LogP contribution in [-0.4, -0.2) is 0 Å². The average Bonchev–Trinajstić information content (AvgIpc) is 2.09. The second kappa shape index (κ2) is 4.27. The third kappa shape index (κ3) is 2.67. The Hall–Kier alpha value is -0.820. The van der Waals surface area contributed by atoms with E-state index < -0.39 is 0 Å². The average molecular weight is 269 g/mol. The van der Waals surface area contributed by atoms with E-state index in [0.29, 0.717) is 0 Å². The third-order valence-corrected chi connectivity index (χ3v) is 2.15. The van der Waals surface area contributed by atoms with Crippen LogP contribution in [0.3, 0.4) is 0 Å². The lowest BCUT2D eigenvalue weighted by Crippen LogP contribution is -1.74. The minimum absolute atomic E-state index is 0.733. The largest absolute Gasteiger partial charge is 0.193 e. The molecule has 12 heavy (non-hydrogen) atoms. The summed E-state index contributed by atoms with van der Waals surface area (Å²) < 4.78 is 1.21. The van der Waals surface area contributed by atoms with Gasteiger partial charge in [-0.1, -0.05) is 12.1 Å². The third-order valence-electron chi connectivity index (χ3n) is 1.43. The Kier molecular flexibility index (Phi) is 3.30. The van der Waals surface area contributed by atoms with Crippen molar-refractivity contribution < 1.29 is 0 Å². The first-order chi connectivity index (χ1) is 5.72. The molecule has 0 fully saturated rings. The molecule has 0 bridgehead atoms. The van der Waals surface area contributed by atoms with Crippen LogP contribution in [0.15, 0.2) is 29.8 Å². The number of nitrogens with zero attached hydrogens (tertiary/aromatic N) is 1. The molecule has 0 unspecified atom stereocenters. The molecular formula is C10H8IN. The molecule has 0 heterocycles. The minimum Gasteiger partial charge on any atom is -0.193 e. The van der Waals surface area contributed by atoms with Crippen LogP contribution in [0.1, 0.15) is 12.5 Å². The molecule has 0 N–H and O–H groups in total. The molecule has 2 heteroatoms. The van der Waals surface area contributed by atoms with Crippen molar-refractivity contribution >= 4 is 28.7 Å². The summed E-state index contributed by atoms with van der Waals surface area (Å²) in [5, 5.41) is 8.53. The van der Waals surface area contributed by atoms with Gasteiger partial charge in [-0.2, -0.15) is 5.26 Å². The molecule has 0 radical (unpaired) electrons. The Bertz CT molecular complexity index is 330. The van der Waals surface area contributed by atoms with E-state index in [4.69, 9.17) is 5.26 Å². The highest BCUT2D eigenvalue weighted by atomic mass is 127. The number of hydrogen-bond donors (Lipinski definition) is 0. The fourth-order valence-electron chi connectivity index (χ4n) is 0.841. The smallest absolute Gasteiger partial charge is 0.0944 e. The van der Waals surface area contributed by atoms with Crippen LogP contribution < -0.4 is 0 Å². The normalized spacial score (nSPS) is 10.9. The summed E-state index contributed by atoms with van der Waals surface area (Å²) >= 11 is 2.25. The van der Waals surface area contributed by atoms with E-state index in [1.165, 1.54) is 3.57 Å². The van der Waals surface area contributed by atoms with Gasteiger partial charge in [0.25, 0.3) is 0 Å². The van der Waals surface area contributed by atoms with Crippen molar-refractivity contribution in [2.45, 2.75) is 6.92 Å². The summed E-state index contributed by atoms with van der Waals surface area (Å²) in [5.74, 6) is 0. The molecule has 0 aliphatic rings. The summed E-state index contributed by atoms with van der Waals surface area (Å²) in [4.78, 5) is 0. The molecule has 0 aliphatic heterocycles. The lowest BCUT2D eigenvalue weighted by atomic mass is 10.1. The van der Waals surface area contributed by atoms with Gasteiger partial charge in [0, 0.05) is 9.14 Å². The van der Waals surface area contributed by atoms with Gasteiger partial charge in [0.1, 0.15) is 0 Å². The van der Waals surface area contributed by atoms with Crippen LogP contribution >= 0.6 is 22.6 Å². The Morgan fingerprint density at radius 3 is 2.50 bits per heavy atom. The first-order valence-corrected chi connectivity index (χ1v) is 4.64. The maximum atomic E-state index is 8.53. The monoisotopic (exact) mass is 269 g/mol. The van der Waals surface area contributed by atoms with E-state index in [9.17, 15) is 0 Å². The molecular weight excluding hydrogens is 261 g/mol. The van der Waals surface area contributed by atoms with E-state index in [1.807, 2.05) is 30.3 Å². The van der Waals surface area contributed by atoms with Gasteiger partial charge in [-0.25, -0.2) is 0 Å². The van der Waals surface area contributed by atoms with Gasteiger partial charge >= 0.3 is 0 Å². The zero-order chi connectivity index (χ0) is 8.97. The highest BCUT2D eigenvalue weighted by molar-refractivity contribution is 14.1. The Labute approximate surface area is 85.9 Å². The summed E-state index contributed by atoms with van der Waals surface area (Å²) in [6.07, 6.45) is 1.87. The molecule has 0 atom stereocenters. The van der Waals surface area contributed by atoms with Crippen molar-refractivity contribution in [1.82, 2.24) is 0 Å². The Balaban J connectivity index is 2.93. The number of nitriles is 1. The lowest BCUT2D eigenvalue weighted by Gasteiger charge is -1.93. The van der Waals surface area contributed by atoms with Crippen molar-refractivity contribution in [3.8, 4) is 6.07 Å². The zero-order valence-corrected chi connectivity index (χ0v) is 8.87. The minimum atomic E-state index is 0.733. The zero-order valence-electron chi connectivity index (χ0n) is 6.71. The second-order valence-corrected chi connectivity index (χ2v) is 3.74. The van der Waals surface area contributed by atoms with Gasteiger partial charge in [-0.3, -0.25) is 0 Å². The Morgan fingerprint density at radius 2 is 2.00 bits per heavy atom. The maximum absolute atomic E-state index is 8.53. The van der Waals surface area contributed by atoms with Crippen LogP contribution in [0, 0.1) is 14.9 Å². The molecule has 0 saturated heterocycles. The molecule has 0 aromatic heterocycles. The first-order valence-electron chi connectivity index (χ1n) is 3.56. The summed E-state index contributed by atoms with van der Waals surface area (Å²) in [7, 11) is 0. The van der Waals surface area contributed by atoms with Gasteiger partial charge in [0.05, 0.1) is 6.07 Å². The molecule has 0 amide bonds. The first kappa shape index (κ1) is 9.27. The van der Waals surface area contributed by atoms with E-state index in [1.54, 1.807) is 6.92 Å². The van der Waals surface area contributed by atoms with Crippen molar-refractivity contribution in [3.63, 3.8) is 0 Å². The summed E-state index contributed by atoms with van der Waals surface area (Å²) in [6.45, 7) is 1.80. The SMILES string of the molecule is C/C(C#N)=C\c1ccc(I)cc1. The summed E-state index contributed by atoms with van der Waals surface area (Å²) in [5.41, 5.74) is 1.81. The van der Waals surface area contributed by atoms with Crippen molar-refractivity contribution in [1.29, 1.82) is 5.26 Å². The summed E-state index contributed by atoms with van der Waals surface area (Å²) in [6, 6.07) is 10.1. The highest BCUT2D eigenvalue weighted by Crippen LogP contribution is 2.09.